The van der Waals surface area contributed by atoms with E-state index in [1.807, 2.05) is 30.3 Å². The van der Waals surface area contributed by atoms with Gasteiger partial charge in [-0.15, -0.1) is 0 Å². The quantitative estimate of drug-likeness (QED) is 0.448. The number of hydrogen-bond donors (Lipinski definition) is 1. The van der Waals surface area contributed by atoms with Crippen molar-refractivity contribution in [2.45, 2.75) is 6.42 Å². The standard InChI is InChI=1S/C12H19N3/c1-15(2)10-6-9-14-12(13)11-7-4-3-5-8-11/h3-5,7-8H,6,9-10H2,1-2H3,(H2,13,14). The first-order valence-electron chi connectivity index (χ1n) is 5.20. The lowest BCUT2D eigenvalue weighted by Crippen LogP contribution is -2.16. The molecule has 82 valence electrons. The first-order chi connectivity index (χ1) is 7.20. The molecule has 0 atom stereocenters. The maximum atomic E-state index is 5.85. The second-order valence-corrected chi connectivity index (χ2v) is 3.79. The molecule has 0 aromatic heterocycles. The van der Waals surface area contributed by atoms with Gasteiger partial charge in [0.2, 0.25) is 0 Å². The number of hydrogen-bond acceptors (Lipinski definition) is 2. The molecule has 0 fully saturated rings. The molecule has 0 unspecified atom stereocenters. The van der Waals surface area contributed by atoms with Crippen molar-refractivity contribution in [2.75, 3.05) is 27.2 Å². The molecule has 0 aliphatic carbocycles. The molecule has 0 saturated heterocycles. The molecule has 0 heterocycles. The number of rotatable bonds is 5. The Hall–Kier alpha value is -1.35. The van der Waals surface area contributed by atoms with Crippen LogP contribution in [-0.2, 0) is 0 Å². The van der Waals surface area contributed by atoms with E-state index in [2.05, 4.69) is 24.0 Å². The van der Waals surface area contributed by atoms with Gasteiger partial charge in [-0.25, -0.2) is 0 Å². The van der Waals surface area contributed by atoms with Crippen LogP contribution in [-0.4, -0.2) is 37.9 Å². The zero-order chi connectivity index (χ0) is 11.1. The van der Waals surface area contributed by atoms with Crippen LogP contribution < -0.4 is 5.73 Å². The van der Waals surface area contributed by atoms with Crippen LogP contribution in [0.4, 0.5) is 0 Å². The van der Waals surface area contributed by atoms with Crippen LogP contribution in [0.5, 0.6) is 0 Å². The summed E-state index contributed by atoms with van der Waals surface area (Å²) in [5, 5.41) is 0. The summed E-state index contributed by atoms with van der Waals surface area (Å²) in [6.45, 7) is 1.84. The van der Waals surface area contributed by atoms with Gasteiger partial charge in [0.05, 0.1) is 0 Å². The number of nitrogens with two attached hydrogens (primary N) is 1. The van der Waals surface area contributed by atoms with E-state index in [9.17, 15) is 0 Å². The largest absolute Gasteiger partial charge is 0.384 e. The fraction of sp³-hybridized carbons (Fsp3) is 0.417. The van der Waals surface area contributed by atoms with Crippen molar-refractivity contribution in [3.63, 3.8) is 0 Å². The van der Waals surface area contributed by atoms with E-state index in [1.54, 1.807) is 0 Å². The van der Waals surface area contributed by atoms with E-state index in [0.29, 0.717) is 5.84 Å². The van der Waals surface area contributed by atoms with Gasteiger partial charge in [-0.1, -0.05) is 30.3 Å². The number of nitrogens with zero attached hydrogens (tertiary/aromatic N) is 2. The number of benzene rings is 1. The minimum absolute atomic E-state index is 0.634. The monoisotopic (exact) mass is 205 g/mol. The Morgan fingerprint density at radius 3 is 2.53 bits per heavy atom. The highest BCUT2D eigenvalue weighted by Crippen LogP contribution is 1.98. The highest BCUT2D eigenvalue weighted by molar-refractivity contribution is 5.97. The van der Waals surface area contributed by atoms with Crippen LogP contribution in [0.2, 0.25) is 0 Å². The third kappa shape index (κ3) is 4.61. The lowest BCUT2D eigenvalue weighted by molar-refractivity contribution is 0.403. The van der Waals surface area contributed by atoms with E-state index in [-0.39, 0.29) is 0 Å². The average Bonchev–Trinajstić information content (AvgIpc) is 2.25. The molecule has 0 amide bonds. The fourth-order valence-electron chi connectivity index (χ4n) is 1.29. The summed E-state index contributed by atoms with van der Waals surface area (Å²) in [7, 11) is 4.12. The van der Waals surface area contributed by atoms with E-state index < -0.39 is 0 Å². The molecule has 0 aliphatic rings. The second kappa shape index (κ2) is 6.19. The molecule has 15 heavy (non-hydrogen) atoms. The predicted octanol–water partition coefficient (Wildman–Crippen LogP) is 1.34. The summed E-state index contributed by atoms with van der Waals surface area (Å²) in [6.07, 6.45) is 1.04. The van der Waals surface area contributed by atoms with Crippen LogP contribution in [0.15, 0.2) is 35.3 Å². The molecule has 1 aromatic carbocycles. The van der Waals surface area contributed by atoms with E-state index in [1.165, 1.54) is 0 Å². The summed E-state index contributed by atoms with van der Waals surface area (Å²) in [5.41, 5.74) is 6.85. The molecular weight excluding hydrogens is 186 g/mol. The lowest BCUT2D eigenvalue weighted by Gasteiger charge is -2.07. The molecular formula is C12H19N3. The molecule has 1 rings (SSSR count). The molecule has 0 saturated carbocycles. The molecule has 3 nitrogen and oxygen atoms in total. The minimum Gasteiger partial charge on any atom is -0.384 e. The van der Waals surface area contributed by atoms with Gasteiger partial charge in [0, 0.05) is 12.1 Å². The van der Waals surface area contributed by atoms with Crippen molar-refractivity contribution in [3.8, 4) is 0 Å². The van der Waals surface area contributed by atoms with Gasteiger partial charge in [-0.3, -0.25) is 4.99 Å². The highest BCUT2D eigenvalue weighted by Gasteiger charge is 1.95. The van der Waals surface area contributed by atoms with E-state index in [0.717, 1.165) is 25.1 Å². The van der Waals surface area contributed by atoms with Crippen LogP contribution in [0.1, 0.15) is 12.0 Å². The molecule has 3 heteroatoms. The zero-order valence-electron chi connectivity index (χ0n) is 9.48. The van der Waals surface area contributed by atoms with Gasteiger partial charge in [0.25, 0.3) is 0 Å². The van der Waals surface area contributed by atoms with Gasteiger partial charge in [0.1, 0.15) is 5.84 Å². The average molecular weight is 205 g/mol. The third-order valence-corrected chi connectivity index (χ3v) is 2.12. The molecule has 2 N–H and O–H groups in total. The first-order valence-corrected chi connectivity index (χ1v) is 5.20. The molecule has 0 radical (unpaired) electrons. The maximum Gasteiger partial charge on any atom is 0.125 e. The van der Waals surface area contributed by atoms with Gasteiger partial charge in [-0.05, 0) is 27.1 Å². The molecule has 0 aliphatic heterocycles. The summed E-state index contributed by atoms with van der Waals surface area (Å²) in [4.78, 5) is 6.48. The van der Waals surface area contributed by atoms with Gasteiger partial charge in [0.15, 0.2) is 0 Å². The topological polar surface area (TPSA) is 41.6 Å². The maximum absolute atomic E-state index is 5.85. The predicted molar refractivity (Wildman–Crippen MR) is 65.2 cm³/mol. The summed E-state index contributed by atoms with van der Waals surface area (Å²) in [5.74, 6) is 0.634. The SMILES string of the molecule is CN(C)CCCN=C(N)c1ccccc1. The van der Waals surface area contributed by atoms with E-state index in [4.69, 9.17) is 5.73 Å². The Bertz CT molecular complexity index is 304. The van der Waals surface area contributed by atoms with Gasteiger partial charge in [-0.2, -0.15) is 0 Å². The summed E-state index contributed by atoms with van der Waals surface area (Å²) in [6, 6.07) is 9.87. The minimum atomic E-state index is 0.634. The Balaban J connectivity index is 2.40. The highest BCUT2D eigenvalue weighted by atomic mass is 15.0. The summed E-state index contributed by atoms with van der Waals surface area (Å²) < 4.78 is 0. The van der Waals surface area contributed by atoms with Crippen LogP contribution in [0.3, 0.4) is 0 Å². The van der Waals surface area contributed by atoms with Crippen molar-refractivity contribution in [1.82, 2.24) is 4.90 Å². The van der Waals surface area contributed by atoms with Crippen molar-refractivity contribution in [3.05, 3.63) is 35.9 Å². The lowest BCUT2D eigenvalue weighted by atomic mass is 10.2. The van der Waals surface area contributed by atoms with Crippen molar-refractivity contribution < 1.29 is 0 Å². The number of amidine groups is 1. The zero-order valence-corrected chi connectivity index (χ0v) is 9.48. The third-order valence-electron chi connectivity index (χ3n) is 2.12. The van der Waals surface area contributed by atoms with Gasteiger partial charge >= 0.3 is 0 Å². The normalized spacial score (nSPS) is 12.1. The smallest absolute Gasteiger partial charge is 0.125 e. The van der Waals surface area contributed by atoms with Crippen LogP contribution in [0.25, 0.3) is 0 Å². The Morgan fingerprint density at radius 2 is 1.93 bits per heavy atom. The van der Waals surface area contributed by atoms with Crippen molar-refractivity contribution in [2.24, 2.45) is 10.7 Å². The molecule has 0 spiro atoms. The molecule has 1 aromatic rings. The summed E-state index contributed by atoms with van der Waals surface area (Å²) >= 11 is 0. The second-order valence-electron chi connectivity index (χ2n) is 3.79. The Morgan fingerprint density at radius 1 is 1.27 bits per heavy atom. The number of aliphatic imine (C=N–C) groups is 1. The van der Waals surface area contributed by atoms with Crippen molar-refractivity contribution >= 4 is 5.84 Å². The fourth-order valence-corrected chi connectivity index (χ4v) is 1.29. The van der Waals surface area contributed by atoms with Crippen molar-refractivity contribution in [1.29, 1.82) is 0 Å². The van der Waals surface area contributed by atoms with E-state index >= 15 is 0 Å². The Labute approximate surface area is 91.6 Å². The van der Waals surface area contributed by atoms with Gasteiger partial charge < -0.3 is 10.6 Å². The first kappa shape index (κ1) is 11.7. The van der Waals surface area contributed by atoms with Crippen LogP contribution >= 0.6 is 0 Å². The van der Waals surface area contributed by atoms with Crippen LogP contribution in [0, 0.1) is 0 Å². The Kier molecular flexibility index (Phi) is 4.84. The molecule has 0 bridgehead atoms.